The molecular weight excluding hydrogens is 417 g/mol. The van der Waals surface area contributed by atoms with Crippen LogP contribution in [0.4, 0.5) is 18.9 Å². The Bertz CT molecular complexity index is 795. The van der Waals surface area contributed by atoms with Gasteiger partial charge in [-0.1, -0.05) is 46.3 Å². The molecule has 9 heteroatoms. The molecular formula is C17H14BrF3N2O3. The minimum absolute atomic E-state index is 0.0471. The van der Waals surface area contributed by atoms with E-state index in [0.29, 0.717) is 10.5 Å². The maximum atomic E-state index is 12.9. The summed E-state index contributed by atoms with van der Waals surface area (Å²) in [5.74, 6) is -0.761. The molecule has 0 aliphatic rings. The highest BCUT2D eigenvalue weighted by atomic mass is 79.9. The quantitative estimate of drug-likeness (QED) is 0.500. The highest BCUT2D eigenvalue weighted by Gasteiger charge is 2.33. The van der Waals surface area contributed by atoms with Crippen molar-refractivity contribution >= 4 is 27.5 Å². The Morgan fingerprint density at radius 3 is 2.31 bits per heavy atom. The summed E-state index contributed by atoms with van der Waals surface area (Å²) in [6, 6.07) is 12.0. The number of carbonyl (C=O) groups excluding carboxylic acids is 1. The van der Waals surface area contributed by atoms with Gasteiger partial charge in [0, 0.05) is 16.1 Å². The van der Waals surface area contributed by atoms with Crippen LogP contribution in [0.2, 0.25) is 0 Å². The average molecular weight is 431 g/mol. The highest BCUT2D eigenvalue weighted by Crippen LogP contribution is 2.23. The van der Waals surface area contributed by atoms with Gasteiger partial charge in [0.15, 0.2) is 0 Å². The second kappa shape index (κ2) is 8.31. The van der Waals surface area contributed by atoms with E-state index in [-0.39, 0.29) is 17.7 Å². The molecule has 0 unspecified atom stereocenters. The smallest absolute Gasteiger partial charge is 0.329 e. The average Bonchev–Trinajstić information content (AvgIpc) is 2.55. The molecule has 0 N–H and O–H groups in total. The lowest BCUT2D eigenvalue weighted by Crippen LogP contribution is -2.39. The lowest BCUT2D eigenvalue weighted by atomic mass is 10.1. The fourth-order valence-corrected chi connectivity index (χ4v) is 2.63. The van der Waals surface area contributed by atoms with Gasteiger partial charge in [0.1, 0.15) is 6.54 Å². The number of nitrogens with zero attached hydrogens (tertiary/aromatic N) is 2. The van der Waals surface area contributed by atoms with Crippen molar-refractivity contribution in [2.75, 3.05) is 6.54 Å². The van der Waals surface area contributed by atoms with Crippen molar-refractivity contribution in [1.82, 2.24) is 4.90 Å². The van der Waals surface area contributed by atoms with Crippen LogP contribution in [0.3, 0.4) is 0 Å². The molecule has 0 atom stereocenters. The zero-order chi connectivity index (χ0) is 19.3. The molecule has 0 aliphatic heterocycles. The molecule has 0 saturated heterocycles. The molecule has 0 fully saturated rings. The summed E-state index contributed by atoms with van der Waals surface area (Å²) >= 11 is 3.24. The first-order valence-electron chi connectivity index (χ1n) is 7.47. The summed E-state index contributed by atoms with van der Waals surface area (Å²) in [4.78, 5) is 23.4. The molecule has 0 radical (unpaired) electrons. The van der Waals surface area contributed by atoms with Crippen LogP contribution >= 0.6 is 15.9 Å². The number of para-hydroxylation sites is 1. The van der Waals surface area contributed by atoms with Crippen LogP contribution in [-0.2, 0) is 17.8 Å². The number of hydrogen-bond donors (Lipinski definition) is 0. The van der Waals surface area contributed by atoms with E-state index in [2.05, 4.69) is 15.9 Å². The van der Waals surface area contributed by atoms with Crippen LogP contribution in [0.1, 0.15) is 11.1 Å². The molecule has 2 aromatic carbocycles. The third-order valence-corrected chi connectivity index (χ3v) is 4.07. The van der Waals surface area contributed by atoms with Gasteiger partial charge in [0.2, 0.25) is 5.91 Å². The van der Waals surface area contributed by atoms with Gasteiger partial charge in [-0.05, 0) is 17.7 Å². The van der Waals surface area contributed by atoms with Crippen molar-refractivity contribution in [1.29, 1.82) is 0 Å². The minimum Gasteiger partial charge on any atom is -0.329 e. The predicted octanol–water partition coefficient (Wildman–Crippen LogP) is 4.49. The lowest BCUT2D eigenvalue weighted by molar-refractivity contribution is -0.385. The summed E-state index contributed by atoms with van der Waals surface area (Å²) in [6.07, 6.45) is -4.84. The van der Waals surface area contributed by atoms with E-state index < -0.39 is 30.1 Å². The van der Waals surface area contributed by atoms with E-state index in [1.165, 1.54) is 24.3 Å². The monoisotopic (exact) mass is 430 g/mol. The molecule has 0 heterocycles. The normalized spacial score (nSPS) is 11.2. The van der Waals surface area contributed by atoms with Crippen molar-refractivity contribution in [3.63, 3.8) is 0 Å². The third kappa shape index (κ3) is 5.83. The number of benzene rings is 2. The van der Waals surface area contributed by atoms with Crippen molar-refractivity contribution in [3.05, 3.63) is 74.2 Å². The number of nitro groups is 1. The Hall–Kier alpha value is -2.42. The fourth-order valence-electron chi connectivity index (χ4n) is 2.37. The zero-order valence-electron chi connectivity index (χ0n) is 13.4. The molecule has 5 nitrogen and oxygen atoms in total. The van der Waals surface area contributed by atoms with Crippen LogP contribution in [0.15, 0.2) is 53.0 Å². The van der Waals surface area contributed by atoms with Crippen molar-refractivity contribution < 1.29 is 22.9 Å². The molecule has 0 spiro atoms. The Labute approximate surface area is 155 Å². The zero-order valence-corrected chi connectivity index (χ0v) is 15.0. The van der Waals surface area contributed by atoms with E-state index >= 15 is 0 Å². The van der Waals surface area contributed by atoms with Gasteiger partial charge in [-0.25, -0.2) is 0 Å². The standard InChI is InChI=1S/C17H14BrF3N2O3/c18-14-7-5-12(6-8-14)9-16(24)22(11-17(19,20)21)10-13-3-1-2-4-15(13)23(25)26/h1-8H,9-11H2. The second-order valence-corrected chi connectivity index (χ2v) is 6.47. The third-order valence-electron chi connectivity index (χ3n) is 3.54. The molecule has 26 heavy (non-hydrogen) atoms. The van der Waals surface area contributed by atoms with Crippen molar-refractivity contribution in [3.8, 4) is 0 Å². The Morgan fingerprint density at radius 1 is 1.12 bits per heavy atom. The predicted molar refractivity (Wildman–Crippen MR) is 92.4 cm³/mol. The molecule has 0 aliphatic carbocycles. The first kappa shape index (κ1) is 19.9. The summed E-state index contributed by atoms with van der Waals surface area (Å²) in [7, 11) is 0. The lowest BCUT2D eigenvalue weighted by Gasteiger charge is -2.24. The van der Waals surface area contributed by atoms with Crippen molar-refractivity contribution in [2.24, 2.45) is 0 Å². The first-order valence-corrected chi connectivity index (χ1v) is 8.26. The van der Waals surface area contributed by atoms with Gasteiger partial charge in [-0.3, -0.25) is 14.9 Å². The highest BCUT2D eigenvalue weighted by molar-refractivity contribution is 9.10. The first-order chi connectivity index (χ1) is 12.2. The van der Waals surface area contributed by atoms with Gasteiger partial charge < -0.3 is 4.90 Å². The summed E-state index contributed by atoms with van der Waals surface area (Å²) in [6.45, 7) is -1.97. The number of amides is 1. The number of carbonyl (C=O) groups is 1. The molecule has 138 valence electrons. The van der Waals surface area contributed by atoms with Crippen LogP contribution in [0.25, 0.3) is 0 Å². The number of rotatable bonds is 6. The van der Waals surface area contributed by atoms with Crippen LogP contribution < -0.4 is 0 Å². The SMILES string of the molecule is O=C(Cc1ccc(Br)cc1)N(Cc1ccccc1[N+](=O)[O-])CC(F)(F)F. The van der Waals surface area contributed by atoms with E-state index in [4.69, 9.17) is 0 Å². The number of nitro benzene ring substituents is 1. The van der Waals surface area contributed by atoms with E-state index in [1.54, 1.807) is 24.3 Å². The van der Waals surface area contributed by atoms with Crippen LogP contribution in [0.5, 0.6) is 0 Å². The molecule has 0 aromatic heterocycles. The van der Waals surface area contributed by atoms with Gasteiger partial charge in [-0.2, -0.15) is 13.2 Å². The largest absolute Gasteiger partial charge is 0.406 e. The Morgan fingerprint density at radius 2 is 1.73 bits per heavy atom. The van der Waals surface area contributed by atoms with E-state index in [0.717, 1.165) is 4.47 Å². The maximum absolute atomic E-state index is 12.9. The van der Waals surface area contributed by atoms with Crippen LogP contribution in [-0.4, -0.2) is 28.5 Å². The van der Waals surface area contributed by atoms with Gasteiger partial charge >= 0.3 is 6.18 Å². The van der Waals surface area contributed by atoms with Crippen molar-refractivity contribution in [2.45, 2.75) is 19.1 Å². The summed E-state index contributed by atoms with van der Waals surface area (Å²) < 4.78 is 39.4. The Kier molecular flexibility index (Phi) is 6.36. The Balaban J connectivity index is 2.24. The number of hydrogen-bond acceptors (Lipinski definition) is 3. The van der Waals surface area contributed by atoms with Crippen LogP contribution in [0, 0.1) is 10.1 Å². The molecule has 2 aromatic rings. The maximum Gasteiger partial charge on any atom is 0.406 e. The summed E-state index contributed by atoms with van der Waals surface area (Å²) in [5.41, 5.74) is 0.273. The molecule has 0 saturated carbocycles. The number of halogens is 4. The second-order valence-electron chi connectivity index (χ2n) is 5.55. The molecule has 2 rings (SSSR count). The van der Waals surface area contributed by atoms with E-state index in [9.17, 15) is 28.1 Å². The summed E-state index contributed by atoms with van der Waals surface area (Å²) in [5, 5.41) is 11.1. The van der Waals surface area contributed by atoms with Gasteiger partial charge in [0.05, 0.1) is 17.9 Å². The van der Waals surface area contributed by atoms with E-state index in [1.807, 2.05) is 0 Å². The fraction of sp³-hybridized carbons (Fsp3) is 0.235. The molecule has 1 amide bonds. The minimum atomic E-state index is -4.61. The topological polar surface area (TPSA) is 63.5 Å². The van der Waals surface area contributed by atoms with Gasteiger partial charge in [-0.15, -0.1) is 0 Å². The molecule has 0 bridgehead atoms. The van der Waals surface area contributed by atoms with Gasteiger partial charge in [0.25, 0.3) is 5.69 Å². The number of alkyl halides is 3.